The second-order valence-corrected chi connectivity index (χ2v) is 4.48. The monoisotopic (exact) mass is 270 g/mol. The van der Waals surface area contributed by atoms with Crippen LogP contribution in [-0.2, 0) is 0 Å². The summed E-state index contributed by atoms with van der Waals surface area (Å²) in [4.78, 5) is 12.8. The maximum Gasteiger partial charge on any atom is 0.224 e. The van der Waals surface area contributed by atoms with Gasteiger partial charge in [0.15, 0.2) is 0 Å². The predicted molar refractivity (Wildman–Crippen MR) is 77.3 cm³/mol. The third-order valence-electron chi connectivity index (χ3n) is 3.11. The minimum Gasteiger partial charge on any atom is -0.357 e. The van der Waals surface area contributed by atoms with Crippen molar-refractivity contribution in [3.05, 3.63) is 17.5 Å². The first-order valence-corrected chi connectivity index (χ1v) is 7.04. The topological polar surface area (TPSA) is 32.3 Å². The van der Waals surface area contributed by atoms with Gasteiger partial charge in [-0.25, -0.2) is 9.97 Å². The van der Waals surface area contributed by atoms with Crippen molar-refractivity contribution in [2.24, 2.45) is 0 Å². The fourth-order valence-corrected chi connectivity index (χ4v) is 2.10. The average molecular weight is 271 g/mol. The Balaban J connectivity index is 2.47. The maximum atomic E-state index is 5.82. The van der Waals surface area contributed by atoms with E-state index in [-0.39, 0.29) is 0 Å². The molecule has 1 heterocycles. The zero-order valence-corrected chi connectivity index (χ0v) is 12.3. The van der Waals surface area contributed by atoms with Gasteiger partial charge in [0.05, 0.1) is 0 Å². The summed E-state index contributed by atoms with van der Waals surface area (Å²) in [6.45, 7) is 11.8. The van der Waals surface area contributed by atoms with E-state index in [2.05, 4.69) is 40.5 Å². The van der Waals surface area contributed by atoms with Crippen LogP contribution < -0.4 is 4.90 Å². The average Bonchev–Trinajstić information content (AvgIpc) is 2.39. The fraction of sp³-hybridized carbons (Fsp3) is 0.692. The van der Waals surface area contributed by atoms with Crippen LogP contribution in [0, 0.1) is 0 Å². The number of hydrogen-bond acceptors (Lipinski definition) is 4. The van der Waals surface area contributed by atoms with Crippen molar-refractivity contribution in [2.45, 2.75) is 27.2 Å². The molecule has 18 heavy (non-hydrogen) atoms. The minimum atomic E-state index is 0.315. The number of anilines is 1. The highest BCUT2D eigenvalue weighted by Gasteiger charge is 2.07. The molecule has 0 aliphatic heterocycles. The van der Waals surface area contributed by atoms with E-state index in [1.54, 1.807) is 6.20 Å². The number of nitrogens with zero attached hydrogens (tertiary/aromatic N) is 4. The Labute approximate surface area is 115 Å². The molecule has 0 radical (unpaired) electrons. The fourth-order valence-electron chi connectivity index (χ4n) is 1.96. The van der Waals surface area contributed by atoms with Gasteiger partial charge in [-0.3, -0.25) is 0 Å². The lowest BCUT2D eigenvalue weighted by Gasteiger charge is -2.24. The van der Waals surface area contributed by atoms with Crippen molar-refractivity contribution >= 4 is 17.4 Å². The third-order valence-corrected chi connectivity index (χ3v) is 3.30. The first-order valence-electron chi connectivity index (χ1n) is 6.67. The van der Waals surface area contributed by atoms with E-state index >= 15 is 0 Å². The zero-order chi connectivity index (χ0) is 13.4. The van der Waals surface area contributed by atoms with Gasteiger partial charge in [-0.05, 0) is 50.6 Å². The van der Waals surface area contributed by atoms with Gasteiger partial charge in [-0.1, -0.05) is 13.8 Å². The van der Waals surface area contributed by atoms with E-state index in [1.165, 1.54) is 0 Å². The lowest BCUT2D eigenvalue weighted by Crippen LogP contribution is -2.30. The summed E-state index contributed by atoms with van der Waals surface area (Å²) in [7, 11) is 0. The standard InChI is InChI=1S/C13H23ClN4/c1-4-17(5-2)10-7-11-18(6-3)12-8-9-15-13(14)16-12/h8-9H,4-7,10-11H2,1-3H3. The van der Waals surface area contributed by atoms with Gasteiger partial charge in [-0.15, -0.1) is 0 Å². The van der Waals surface area contributed by atoms with Gasteiger partial charge < -0.3 is 9.80 Å². The zero-order valence-electron chi connectivity index (χ0n) is 11.6. The van der Waals surface area contributed by atoms with E-state index in [4.69, 9.17) is 11.6 Å². The Morgan fingerprint density at radius 2 is 1.83 bits per heavy atom. The van der Waals surface area contributed by atoms with Gasteiger partial charge in [0.25, 0.3) is 0 Å². The molecule has 0 amide bonds. The van der Waals surface area contributed by atoms with Crippen molar-refractivity contribution < 1.29 is 0 Å². The Morgan fingerprint density at radius 1 is 1.11 bits per heavy atom. The molecule has 1 aromatic rings. The largest absolute Gasteiger partial charge is 0.357 e. The van der Waals surface area contributed by atoms with Crippen LogP contribution in [0.15, 0.2) is 12.3 Å². The quantitative estimate of drug-likeness (QED) is 0.680. The maximum absolute atomic E-state index is 5.82. The lowest BCUT2D eigenvalue weighted by atomic mass is 10.3. The molecule has 0 fully saturated rings. The molecule has 0 atom stereocenters. The van der Waals surface area contributed by atoms with Crippen LogP contribution >= 0.6 is 11.6 Å². The van der Waals surface area contributed by atoms with Crippen molar-refractivity contribution in [1.29, 1.82) is 0 Å². The Kier molecular flexibility index (Phi) is 6.98. The Hall–Kier alpha value is -0.870. The van der Waals surface area contributed by atoms with Gasteiger partial charge >= 0.3 is 0 Å². The molecule has 0 saturated heterocycles. The molecular weight excluding hydrogens is 248 g/mol. The molecule has 4 nitrogen and oxygen atoms in total. The molecule has 0 spiro atoms. The molecule has 0 aromatic carbocycles. The molecule has 0 aliphatic carbocycles. The number of aromatic nitrogens is 2. The van der Waals surface area contributed by atoms with Gasteiger partial charge in [0.2, 0.25) is 5.28 Å². The summed E-state index contributed by atoms with van der Waals surface area (Å²) < 4.78 is 0. The highest BCUT2D eigenvalue weighted by Crippen LogP contribution is 2.12. The Bertz CT molecular complexity index is 342. The molecule has 0 bridgehead atoms. The molecule has 5 heteroatoms. The van der Waals surface area contributed by atoms with Crippen LogP contribution in [0.5, 0.6) is 0 Å². The number of halogens is 1. The third kappa shape index (κ3) is 4.78. The van der Waals surface area contributed by atoms with Crippen LogP contribution in [-0.4, -0.2) is 47.6 Å². The van der Waals surface area contributed by atoms with Gasteiger partial charge in [0.1, 0.15) is 5.82 Å². The molecule has 102 valence electrons. The minimum absolute atomic E-state index is 0.315. The van der Waals surface area contributed by atoms with Crippen LogP contribution in [0.4, 0.5) is 5.82 Å². The van der Waals surface area contributed by atoms with Crippen LogP contribution in [0.3, 0.4) is 0 Å². The smallest absolute Gasteiger partial charge is 0.224 e. The van der Waals surface area contributed by atoms with Crippen LogP contribution in [0.1, 0.15) is 27.2 Å². The van der Waals surface area contributed by atoms with E-state index in [9.17, 15) is 0 Å². The van der Waals surface area contributed by atoms with Crippen molar-refractivity contribution in [3.8, 4) is 0 Å². The van der Waals surface area contributed by atoms with Crippen molar-refractivity contribution in [3.63, 3.8) is 0 Å². The predicted octanol–water partition coefficient (Wildman–Crippen LogP) is 2.69. The number of hydrogen-bond donors (Lipinski definition) is 0. The first-order chi connectivity index (χ1) is 8.71. The second-order valence-electron chi connectivity index (χ2n) is 4.14. The van der Waals surface area contributed by atoms with Crippen LogP contribution in [0.25, 0.3) is 0 Å². The normalized spacial score (nSPS) is 10.9. The molecule has 0 saturated carbocycles. The van der Waals surface area contributed by atoms with Crippen molar-refractivity contribution in [2.75, 3.05) is 37.6 Å². The SMILES string of the molecule is CCN(CC)CCCN(CC)c1ccnc(Cl)n1. The molecule has 0 N–H and O–H groups in total. The lowest BCUT2D eigenvalue weighted by molar-refractivity contribution is 0.300. The van der Waals surface area contributed by atoms with E-state index in [1.807, 2.05) is 6.07 Å². The summed E-state index contributed by atoms with van der Waals surface area (Å²) in [5.74, 6) is 0.914. The highest BCUT2D eigenvalue weighted by molar-refractivity contribution is 6.28. The van der Waals surface area contributed by atoms with E-state index in [0.29, 0.717) is 5.28 Å². The van der Waals surface area contributed by atoms with Crippen LogP contribution in [0.2, 0.25) is 5.28 Å². The Morgan fingerprint density at radius 3 is 2.39 bits per heavy atom. The molecular formula is C13H23ClN4. The summed E-state index contributed by atoms with van der Waals surface area (Å²) in [5, 5.41) is 0.315. The molecule has 1 rings (SSSR count). The van der Waals surface area contributed by atoms with Crippen molar-refractivity contribution in [1.82, 2.24) is 14.9 Å². The second kappa shape index (κ2) is 8.27. The first kappa shape index (κ1) is 15.2. The molecule has 0 aliphatic rings. The van der Waals surface area contributed by atoms with Gasteiger partial charge in [0, 0.05) is 19.3 Å². The molecule has 0 unspecified atom stereocenters. The van der Waals surface area contributed by atoms with E-state index in [0.717, 1.165) is 45.0 Å². The molecule has 1 aromatic heterocycles. The van der Waals surface area contributed by atoms with Gasteiger partial charge in [-0.2, -0.15) is 0 Å². The summed E-state index contributed by atoms with van der Waals surface area (Å²) >= 11 is 5.82. The summed E-state index contributed by atoms with van der Waals surface area (Å²) in [6.07, 6.45) is 2.84. The summed E-state index contributed by atoms with van der Waals surface area (Å²) in [5.41, 5.74) is 0. The summed E-state index contributed by atoms with van der Waals surface area (Å²) in [6, 6.07) is 1.91. The van der Waals surface area contributed by atoms with E-state index < -0.39 is 0 Å². The highest BCUT2D eigenvalue weighted by atomic mass is 35.5. The number of rotatable bonds is 8.